The zero-order chi connectivity index (χ0) is 25.4. The Morgan fingerprint density at radius 1 is 0.944 bits per heavy atom. The average molecular weight is 483 g/mol. The minimum Gasteiger partial charge on any atom is -0.489 e. The van der Waals surface area contributed by atoms with Crippen LogP contribution in [0.1, 0.15) is 44.4 Å². The van der Waals surface area contributed by atoms with Gasteiger partial charge in [0.25, 0.3) is 5.91 Å². The van der Waals surface area contributed by atoms with Gasteiger partial charge in [-0.3, -0.25) is 9.59 Å². The number of hydrogen-bond donors (Lipinski definition) is 0. The lowest BCUT2D eigenvalue weighted by molar-refractivity contribution is 0.0716. The lowest BCUT2D eigenvalue weighted by Crippen LogP contribution is -2.35. The Hall–Kier alpha value is -3.90. The minimum absolute atomic E-state index is 0.143. The number of hydrogen-bond acceptors (Lipinski definition) is 5. The number of likely N-dealkylation sites (N-methyl/N-ethyl adjacent to an activating group) is 1. The molecule has 0 saturated heterocycles. The molecule has 0 N–H and O–H groups in total. The molecule has 6 nitrogen and oxygen atoms in total. The molecule has 0 spiro atoms. The van der Waals surface area contributed by atoms with E-state index < -0.39 is 6.04 Å². The van der Waals surface area contributed by atoms with E-state index in [4.69, 9.17) is 9.15 Å². The van der Waals surface area contributed by atoms with Gasteiger partial charge in [0.2, 0.25) is 5.76 Å². The highest BCUT2D eigenvalue weighted by atomic mass is 16.5. The van der Waals surface area contributed by atoms with Crippen molar-refractivity contribution in [3.05, 3.63) is 111 Å². The lowest BCUT2D eigenvalue weighted by atomic mass is 9.97. The van der Waals surface area contributed by atoms with Crippen molar-refractivity contribution >= 4 is 16.9 Å². The molecule has 1 aromatic heterocycles. The molecule has 1 aliphatic heterocycles. The van der Waals surface area contributed by atoms with Gasteiger partial charge in [0.15, 0.2) is 5.43 Å². The third-order valence-electron chi connectivity index (χ3n) is 6.81. The van der Waals surface area contributed by atoms with Gasteiger partial charge in [-0.25, -0.2) is 0 Å². The van der Waals surface area contributed by atoms with Crippen molar-refractivity contribution in [2.45, 2.75) is 26.5 Å². The fourth-order valence-corrected chi connectivity index (χ4v) is 4.65. The number of ether oxygens (including phenoxy) is 1. The van der Waals surface area contributed by atoms with E-state index in [1.807, 2.05) is 99.6 Å². The Bertz CT molecular complexity index is 1470. The first kappa shape index (κ1) is 23.8. The van der Waals surface area contributed by atoms with E-state index in [1.165, 1.54) is 0 Å². The van der Waals surface area contributed by atoms with Crippen LogP contribution >= 0.6 is 0 Å². The minimum atomic E-state index is -0.516. The van der Waals surface area contributed by atoms with Crippen molar-refractivity contribution in [2.75, 3.05) is 27.2 Å². The van der Waals surface area contributed by atoms with Gasteiger partial charge in [0, 0.05) is 13.1 Å². The molecule has 0 bridgehead atoms. The van der Waals surface area contributed by atoms with Crippen LogP contribution in [0.3, 0.4) is 0 Å². The van der Waals surface area contributed by atoms with Gasteiger partial charge in [-0.1, -0.05) is 42.5 Å². The molecule has 1 unspecified atom stereocenters. The summed E-state index contributed by atoms with van der Waals surface area (Å²) < 4.78 is 12.0. The number of rotatable bonds is 7. The lowest BCUT2D eigenvalue weighted by Gasteiger charge is -2.26. The van der Waals surface area contributed by atoms with Crippen LogP contribution in [0.25, 0.3) is 11.0 Å². The van der Waals surface area contributed by atoms with Gasteiger partial charge < -0.3 is 19.0 Å². The molecule has 5 rings (SSSR count). The zero-order valence-corrected chi connectivity index (χ0v) is 21.1. The van der Waals surface area contributed by atoms with Gasteiger partial charge in [-0.15, -0.1) is 0 Å². The van der Waals surface area contributed by atoms with Gasteiger partial charge in [0.1, 0.15) is 17.9 Å². The van der Waals surface area contributed by atoms with Crippen molar-refractivity contribution in [3.63, 3.8) is 0 Å². The quantitative estimate of drug-likeness (QED) is 0.367. The Labute approximate surface area is 210 Å². The van der Waals surface area contributed by atoms with Crippen LogP contribution in [0, 0.1) is 13.8 Å². The molecule has 36 heavy (non-hydrogen) atoms. The summed E-state index contributed by atoms with van der Waals surface area (Å²) in [4.78, 5) is 31.0. The Balaban J connectivity index is 1.54. The summed E-state index contributed by atoms with van der Waals surface area (Å²) in [6.07, 6.45) is 0. The fourth-order valence-electron chi connectivity index (χ4n) is 4.65. The van der Waals surface area contributed by atoms with Crippen LogP contribution < -0.4 is 10.2 Å². The predicted octanol–water partition coefficient (Wildman–Crippen LogP) is 5.10. The second kappa shape index (κ2) is 9.63. The molecule has 1 aliphatic rings. The van der Waals surface area contributed by atoms with Crippen molar-refractivity contribution < 1.29 is 13.9 Å². The van der Waals surface area contributed by atoms with Gasteiger partial charge in [-0.2, -0.15) is 0 Å². The number of aryl methyl sites for hydroxylation is 2. The second-order valence-electron chi connectivity index (χ2n) is 9.65. The molecule has 3 aromatic carbocycles. The van der Waals surface area contributed by atoms with Crippen LogP contribution in [-0.2, 0) is 6.61 Å². The zero-order valence-electron chi connectivity index (χ0n) is 21.1. The molecule has 1 amide bonds. The smallest absolute Gasteiger partial charge is 0.290 e. The Morgan fingerprint density at radius 3 is 2.33 bits per heavy atom. The number of carbonyl (C=O) groups is 1. The molecule has 0 saturated carbocycles. The Kier molecular flexibility index (Phi) is 6.37. The third kappa shape index (κ3) is 4.40. The average Bonchev–Trinajstić information content (AvgIpc) is 3.15. The monoisotopic (exact) mass is 482 g/mol. The van der Waals surface area contributed by atoms with Crippen molar-refractivity contribution in [3.8, 4) is 5.75 Å². The largest absolute Gasteiger partial charge is 0.489 e. The van der Waals surface area contributed by atoms with E-state index in [9.17, 15) is 9.59 Å². The van der Waals surface area contributed by atoms with E-state index in [1.54, 1.807) is 4.90 Å². The van der Waals surface area contributed by atoms with E-state index in [0.717, 1.165) is 28.0 Å². The van der Waals surface area contributed by atoms with Crippen LogP contribution in [0.2, 0.25) is 0 Å². The number of benzene rings is 3. The second-order valence-corrected chi connectivity index (χ2v) is 9.65. The standard InChI is InChI=1S/C30H30N2O4/c1-19-16-24-25(17-20(19)2)36-29-26(28(24)33)27(32(30(29)34)15-14-31(3)4)22-10-12-23(13-11-22)35-18-21-8-6-5-7-9-21/h5-13,16-17,27H,14-15,18H2,1-4H3. The molecular formula is C30H30N2O4. The van der Waals surface area contributed by atoms with Crippen molar-refractivity contribution in [1.82, 2.24) is 9.80 Å². The molecule has 4 aromatic rings. The molecule has 2 heterocycles. The molecule has 6 heteroatoms. The SMILES string of the molecule is Cc1cc2oc3c(c(=O)c2cc1C)C(c1ccc(OCc2ccccc2)cc1)N(CCN(C)C)C3=O. The molecule has 1 atom stereocenters. The fraction of sp³-hybridized carbons (Fsp3) is 0.267. The molecule has 0 radical (unpaired) electrons. The molecule has 184 valence electrons. The maximum absolute atomic E-state index is 13.7. The summed E-state index contributed by atoms with van der Waals surface area (Å²) in [5.41, 5.74) is 4.68. The summed E-state index contributed by atoms with van der Waals surface area (Å²) >= 11 is 0. The number of amides is 1. The number of carbonyl (C=O) groups excluding carboxylic acids is 1. The highest BCUT2D eigenvalue weighted by molar-refractivity contribution is 5.99. The van der Waals surface area contributed by atoms with Gasteiger partial charge in [-0.05, 0) is 74.5 Å². The maximum Gasteiger partial charge on any atom is 0.290 e. The first-order valence-electron chi connectivity index (χ1n) is 12.1. The van der Waals surface area contributed by atoms with Crippen LogP contribution in [0.4, 0.5) is 0 Å². The Morgan fingerprint density at radius 2 is 1.64 bits per heavy atom. The number of nitrogens with zero attached hydrogens (tertiary/aromatic N) is 2. The summed E-state index contributed by atoms with van der Waals surface area (Å²) in [5, 5.41) is 0.506. The maximum atomic E-state index is 13.7. The summed E-state index contributed by atoms with van der Waals surface area (Å²) in [5.74, 6) is 0.617. The van der Waals surface area contributed by atoms with Crippen molar-refractivity contribution in [2.24, 2.45) is 0 Å². The van der Waals surface area contributed by atoms with Crippen LogP contribution in [0.5, 0.6) is 5.75 Å². The number of fused-ring (bicyclic) bond motifs is 2. The van der Waals surface area contributed by atoms with Gasteiger partial charge >= 0.3 is 0 Å². The summed E-state index contributed by atoms with van der Waals surface area (Å²) in [7, 11) is 3.93. The summed E-state index contributed by atoms with van der Waals surface area (Å²) in [6, 6.07) is 20.8. The van der Waals surface area contributed by atoms with E-state index in [-0.39, 0.29) is 17.1 Å². The topological polar surface area (TPSA) is 63.0 Å². The molecule has 0 aliphatic carbocycles. The van der Waals surface area contributed by atoms with E-state index in [0.29, 0.717) is 36.2 Å². The normalized spacial score (nSPS) is 15.1. The van der Waals surface area contributed by atoms with E-state index >= 15 is 0 Å². The predicted molar refractivity (Wildman–Crippen MR) is 141 cm³/mol. The highest BCUT2D eigenvalue weighted by Crippen LogP contribution is 2.38. The van der Waals surface area contributed by atoms with E-state index in [2.05, 4.69) is 0 Å². The van der Waals surface area contributed by atoms with Crippen LogP contribution in [-0.4, -0.2) is 42.9 Å². The third-order valence-corrected chi connectivity index (χ3v) is 6.81. The molecular weight excluding hydrogens is 452 g/mol. The highest BCUT2D eigenvalue weighted by Gasteiger charge is 2.42. The van der Waals surface area contributed by atoms with Crippen LogP contribution in [0.15, 0.2) is 75.9 Å². The first-order valence-corrected chi connectivity index (χ1v) is 12.1. The van der Waals surface area contributed by atoms with Gasteiger partial charge in [0.05, 0.1) is 17.0 Å². The molecule has 0 fully saturated rings. The van der Waals surface area contributed by atoms with Crippen molar-refractivity contribution in [1.29, 1.82) is 0 Å². The first-order chi connectivity index (χ1) is 17.3. The summed E-state index contributed by atoms with van der Waals surface area (Å²) in [6.45, 7) is 5.55.